The molecular weight excluding hydrogens is 376 g/mol. The topological polar surface area (TPSA) is 116 Å². The molecule has 0 aliphatic carbocycles. The standard InChI is InChI=1S/C16H15BrN4O3/c1-9(19)12(7-18)13(22)8-21-14(23)16(2,20-15(21)24)10-4-3-5-11(17)6-10/h3-6H,8,19H2,1-2H3,(H,20,24)/b12-9-. The van der Waals surface area contributed by atoms with E-state index < -0.39 is 29.8 Å². The summed E-state index contributed by atoms with van der Waals surface area (Å²) in [6.07, 6.45) is 0. The van der Waals surface area contributed by atoms with E-state index in [1.54, 1.807) is 37.3 Å². The van der Waals surface area contributed by atoms with Gasteiger partial charge < -0.3 is 11.1 Å². The van der Waals surface area contributed by atoms with Crippen LogP contribution in [0.25, 0.3) is 0 Å². The van der Waals surface area contributed by atoms with Crippen LogP contribution >= 0.6 is 15.9 Å². The first-order valence-electron chi connectivity index (χ1n) is 7.00. The van der Waals surface area contributed by atoms with Gasteiger partial charge in [-0.2, -0.15) is 5.26 Å². The molecule has 0 radical (unpaired) electrons. The van der Waals surface area contributed by atoms with Crippen LogP contribution in [0.5, 0.6) is 0 Å². The molecule has 0 aromatic heterocycles. The van der Waals surface area contributed by atoms with Crippen molar-refractivity contribution in [3.05, 3.63) is 45.6 Å². The molecule has 1 aromatic rings. The molecule has 0 saturated carbocycles. The molecule has 1 aromatic carbocycles. The van der Waals surface area contributed by atoms with Crippen molar-refractivity contribution >= 4 is 33.7 Å². The van der Waals surface area contributed by atoms with Crippen molar-refractivity contribution in [2.75, 3.05) is 6.54 Å². The van der Waals surface area contributed by atoms with Crippen molar-refractivity contribution in [2.45, 2.75) is 19.4 Å². The highest BCUT2D eigenvalue weighted by Crippen LogP contribution is 2.30. The number of hydrogen-bond acceptors (Lipinski definition) is 5. The molecule has 2 rings (SSSR count). The van der Waals surface area contributed by atoms with Crippen LogP contribution in [0.2, 0.25) is 0 Å². The molecule has 1 fully saturated rings. The lowest BCUT2D eigenvalue weighted by Gasteiger charge is -2.22. The van der Waals surface area contributed by atoms with E-state index in [2.05, 4.69) is 21.2 Å². The minimum atomic E-state index is -1.28. The van der Waals surface area contributed by atoms with Crippen LogP contribution in [0, 0.1) is 11.3 Å². The van der Waals surface area contributed by atoms with Gasteiger partial charge in [0.25, 0.3) is 5.91 Å². The number of imide groups is 1. The fourth-order valence-corrected chi connectivity index (χ4v) is 2.83. The predicted molar refractivity (Wildman–Crippen MR) is 89.2 cm³/mol. The van der Waals surface area contributed by atoms with Crippen molar-refractivity contribution in [1.29, 1.82) is 5.26 Å². The summed E-state index contributed by atoms with van der Waals surface area (Å²) in [5.41, 5.74) is 4.57. The summed E-state index contributed by atoms with van der Waals surface area (Å²) in [6, 6.07) is 7.96. The number of carbonyl (C=O) groups excluding carboxylic acids is 3. The first-order valence-corrected chi connectivity index (χ1v) is 7.79. The molecule has 1 saturated heterocycles. The highest BCUT2D eigenvalue weighted by molar-refractivity contribution is 9.10. The second-order valence-electron chi connectivity index (χ2n) is 5.55. The number of halogens is 1. The number of nitrogens with zero attached hydrogens (tertiary/aromatic N) is 2. The van der Waals surface area contributed by atoms with E-state index in [-0.39, 0.29) is 11.3 Å². The Kier molecular flexibility index (Phi) is 4.76. The summed E-state index contributed by atoms with van der Waals surface area (Å²) >= 11 is 3.32. The summed E-state index contributed by atoms with van der Waals surface area (Å²) in [7, 11) is 0. The van der Waals surface area contributed by atoms with Crippen molar-refractivity contribution in [1.82, 2.24) is 10.2 Å². The zero-order valence-corrected chi connectivity index (χ0v) is 14.7. The minimum absolute atomic E-state index is 0.0457. The van der Waals surface area contributed by atoms with Gasteiger partial charge in [0.05, 0.1) is 6.54 Å². The number of Topliss-reactive ketones (excluding diaryl/α,β-unsaturated/α-hetero) is 1. The number of benzene rings is 1. The lowest BCUT2D eigenvalue weighted by molar-refractivity contribution is -0.133. The summed E-state index contributed by atoms with van der Waals surface area (Å²) in [6.45, 7) is 2.44. The highest BCUT2D eigenvalue weighted by atomic mass is 79.9. The van der Waals surface area contributed by atoms with Gasteiger partial charge in [0.15, 0.2) is 5.78 Å². The normalized spacial score (nSPS) is 21.2. The number of rotatable bonds is 4. The average Bonchev–Trinajstić information content (AvgIpc) is 2.72. The molecule has 0 spiro atoms. The molecule has 3 N–H and O–H groups in total. The Bertz CT molecular complexity index is 808. The lowest BCUT2D eigenvalue weighted by atomic mass is 9.92. The van der Waals surface area contributed by atoms with Crippen LogP contribution in [0.4, 0.5) is 4.79 Å². The van der Waals surface area contributed by atoms with Gasteiger partial charge in [-0.1, -0.05) is 28.1 Å². The van der Waals surface area contributed by atoms with E-state index in [0.29, 0.717) is 5.56 Å². The van der Waals surface area contributed by atoms with Gasteiger partial charge in [0.1, 0.15) is 17.2 Å². The van der Waals surface area contributed by atoms with Crippen LogP contribution in [0.1, 0.15) is 19.4 Å². The molecule has 24 heavy (non-hydrogen) atoms. The van der Waals surface area contributed by atoms with Crippen molar-refractivity contribution < 1.29 is 14.4 Å². The maximum absolute atomic E-state index is 12.7. The molecule has 1 unspecified atom stereocenters. The molecule has 0 bridgehead atoms. The molecule has 1 aliphatic heterocycles. The fourth-order valence-electron chi connectivity index (χ4n) is 2.43. The summed E-state index contributed by atoms with van der Waals surface area (Å²) in [5.74, 6) is -1.24. The van der Waals surface area contributed by atoms with Crippen LogP contribution < -0.4 is 11.1 Å². The second kappa shape index (κ2) is 6.45. The Balaban J connectivity index is 2.32. The fraction of sp³-hybridized carbons (Fsp3) is 0.250. The van der Waals surface area contributed by atoms with Crippen molar-refractivity contribution in [3.63, 3.8) is 0 Å². The van der Waals surface area contributed by atoms with E-state index in [9.17, 15) is 14.4 Å². The molecule has 3 amide bonds. The zero-order valence-electron chi connectivity index (χ0n) is 13.1. The smallest absolute Gasteiger partial charge is 0.325 e. The maximum atomic E-state index is 12.7. The van der Waals surface area contributed by atoms with Gasteiger partial charge in [0, 0.05) is 10.2 Å². The molecule has 1 aliphatic rings. The number of nitrogens with two attached hydrogens (primary N) is 1. The predicted octanol–water partition coefficient (Wildman–Crippen LogP) is 1.54. The molecular formula is C16H15BrN4O3. The summed E-state index contributed by atoms with van der Waals surface area (Å²) < 4.78 is 0.756. The number of nitriles is 1. The van der Waals surface area contributed by atoms with Crippen molar-refractivity contribution in [2.24, 2.45) is 5.73 Å². The number of allylic oxidation sites excluding steroid dienone is 1. The number of urea groups is 1. The lowest BCUT2D eigenvalue weighted by Crippen LogP contribution is -2.41. The Morgan fingerprint density at radius 3 is 2.67 bits per heavy atom. The minimum Gasteiger partial charge on any atom is -0.401 e. The second-order valence-corrected chi connectivity index (χ2v) is 6.47. The van der Waals surface area contributed by atoms with Crippen LogP contribution in [-0.4, -0.2) is 29.2 Å². The monoisotopic (exact) mass is 390 g/mol. The van der Waals surface area contributed by atoms with Crippen LogP contribution in [0.15, 0.2) is 40.0 Å². The van der Waals surface area contributed by atoms with E-state index >= 15 is 0 Å². The average molecular weight is 391 g/mol. The van der Waals surface area contributed by atoms with Gasteiger partial charge in [-0.05, 0) is 31.5 Å². The van der Waals surface area contributed by atoms with E-state index in [4.69, 9.17) is 11.0 Å². The number of nitrogens with one attached hydrogen (secondary N) is 1. The molecule has 1 atom stereocenters. The molecule has 7 nitrogen and oxygen atoms in total. The van der Waals surface area contributed by atoms with Gasteiger partial charge in [-0.3, -0.25) is 14.5 Å². The third kappa shape index (κ3) is 3.03. The first kappa shape index (κ1) is 17.7. The van der Waals surface area contributed by atoms with E-state index in [0.717, 1.165) is 9.37 Å². The van der Waals surface area contributed by atoms with Crippen LogP contribution in [0.3, 0.4) is 0 Å². The number of amides is 3. The quantitative estimate of drug-likeness (QED) is 0.459. The van der Waals surface area contributed by atoms with Crippen molar-refractivity contribution in [3.8, 4) is 6.07 Å². The first-order chi connectivity index (χ1) is 11.2. The summed E-state index contributed by atoms with van der Waals surface area (Å²) in [5, 5.41) is 11.6. The summed E-state index contributed by atoms with van der Waals surface area (Å²) in [4.78, 5) is 37.8. The largest absolute Gasteiger partial charge is 0.401 e. The van der Waals surface area contributed by atoms with Gasteiger partial charge >= 0.3 is 6.03 Å². The number of carbonyl (C=O) groups is 3. The molecule has 124 valence electrons. The third-order valence-corrected chi connectivity index (χ3v) is 4.26. The van der Waals surface area contributed by atoms with Gasteiger partial charge in [0.2, 0.25) is 0 Å². The highest BCUT2D eigenvalue weighted by Gasteiger charge is 2.49. The van der Waals surface area contributed by atoms with Crippen LogP contribution in [-0.2, 0) is 15.1 Å². The maximum Gasteiger partial charge on any atom is 0.325 e. The molecule has 1 heterocycles. The Morgan fingerprint density at radius 2 is 2.12 bits per heavy atom. The third-order valence-electron chi connectivity index (χ3n) is 3.76. The van der Waals surface area contributed by atoms with E-state index in [1.165, 1.54) is 6.92 Å². The number of hydrogen-bond donors (Lipinski definition) is 2. The SMILES string of the molecule is C/C(N)=C(\C#N)C(=O)CN1C(=O)NC(C)(c2cccc(Br)c2)C1=O. The van der Waals surface area contributed by atoms with Gasteiger partial charge in [-0.25, -0.2) is 4.79 Å². The number of ketones is 1. The zero-order chi connectivity index (χ0) is 18.1. The Morgan fingerprint density at radius 1 is 1.46 bits per heavy atom. The van der Waals surface area contributed by atoms with E-state index in [1.807, 2.05) is 0 Å². The van der Waals surface area contributed by atoms with Gasteiger partial charge in [-0.15, -0.1) is 0 Å². The molecule has 8 heteroatoms. The Labute approximate surface area is 147 Å². The Hall–Kier alpha value is -2.66.